The Morgan fingerprint density at radius 2 is 2.03 bits per heavy atom. The van der Waals surface area contributed by atoms with Crippen LogP contribution in [0.4, 0.5) is 13.2 Å². The normalized spacial score (nSPS) is 15.5. The molecule has 1 amide bonds. The molecule has 1 unspecified atom stereocenters. The lowest BCUT2D eigenvalue weighted by atomic mass is 10.1. The highest BCUT2D eigenvalue weighted by Crippen LogP contribution is 2.40. The number of hydrogen-bond acceptors (Lipinski definition) is 3. The monoisotopic (exact) mass is 413 g/mol. The smallest absolute Gasteiger partial charge is 0.387 e. The van der Waals surface area contributed by atoms with Crippen molar-refractivity contribution < 1.29 is 22.7 Å². The number of hydrogen-bond donors (Lipinski definition) is 0. The molecule has 154 valence electrons. The van der Waals surface area contributed by atoms with E-state index in [0.29, 0.717) is 17.8 Å². The molecule has 5 nitrogen and oxygen atoms in total. The minimum atomic E-state index is -3.11. The number of nitrogens with zero attached hydrogens (tertiary/aromatic N) is 3. The average Bonchev–Trinajstić information content (AvgIpc) is 3.05. The van der Waals surface area contributed by atoms with Crippen molar-refractivity contribution in [2.45, 2.75) is 32.9 Å². The number of carbonyl (C=O) groups is 1. The predicted molar refractivity (Wildman–Crippen MR) is 105 cm³/mol. The molecule has 1 aliphatic rings. The number of halogens is 3. The van der Waals surface area contributed by atoms with Gasteiger partial charge in [0.2, 0.25) is 0 Å². The summed E-state index contributed by atoms with van der Waals surface area (Å²) in [6.45, 7) is 0.347. The number of imidazole rings is 1. The van der Waals surface area contributed by atoms with Crippen molar-refractivity contribution in [1.82, 2.24) is 14.5 Å². The summed E-state index contributed by atoms with van der Waals surface area (Å²) in [4.78, 5) is 19.2. The maximum absolute atomic E-state index is 15.5. The van der Waals surface area contributed by atoms with E-state index in [2.05, 4.69) is 16.8 Å². The van der Waals surface area contributed by atoms with Crippen LogP contribution >= 0.6 is 0 Å². The number of rotatable bonds is 3. The highest BCUT2D eigenvalue weighted by molar-refractivity contribution is 6.01. The fourth-order valence-electron chi connectivity index (χ4n) is 3.90. The lowest BCUT2D eigenvalue weighted by molar-refractivity contribution is -0.0498. The number of fused-ring (bicyclic) bond motifs is 5. The number of ether oxygens (including phenoxy) is 1. The Bertz CT molecular complexity index is 1220. The Morgan fingerprint density at radius 1 is 1.27 bits per heavy atom. The average molecular weight is 413 g/mol. The first-order valence-corrected chi connectivity index (χ1v) is 9.38. The molecule has 0 bridgehead atoms. The van der Waals surface area contributed by atoms with Crippen molar-refractivity contribution in [3.63, 3.8) is 0 Å². The highest BCUT2D eigenvalue weighted by Gasteiger charge is 2.36. The molecule has 2 aromatic carbocycles. The summed E-state index contributed by atoms with van der Waals surface area (Å²) in [5, 5.41) is 0. The minimum absolute atomic E-state index is 0.0450. The Hall–Kier alpha value is -3.47. The standard InChI is InChI=1S/C22H18F3N3O2/c1-4-7-12-10-11-14-19(17(12)23)28-18-13(8-6-9-16(18)30-22(24)25)21(29)27(3)15(5-2)20(28)26-14/h6,8-11,15,22H,5H2,1-3H3. The van der Waals surface area contributed by atoms with Crippen LogP contribution in [0.2, 0.25) is 0 Å². The van der Waals surface area contributed by atoms with E-state index >= 15 is 4.39 Å². The van der Waals surface area contributed by atoms with Crippen molar-refractivity contribution in [3.05, 3.63) is 53.1 Å². The first-order chi connectivity index (χ1) is 14.4. The summed E-state index contributed by atoms with van der Waals surface area (Å²) in [5.74, 6) is 4.47. The van der Waals surface area contributed by atoms with Crippen LogP contribution in [-0.4, -0.2) is 34.0 Å². The first-order valence-electron chi connectivity index (χ1n) is 9.38. The van der Waals surface area contributed by atoms with Crippen LogP contribution in [0.15, 0.2) is 30.3 Å². The fourth-order valence-corrected chi connectivity index (χ4v) is 3.90. The number of aromatic nitrogens is 2. The van der Waals surface area contributed by atoms with E-state index in [-0.39, 0.29) is 34.0 Å². The van der Waals surface area contributed by atoms with Crippen molar-refractivity contribution >= 4 is 16.9 Å². The van der Waals surface area contributed by atoms with Crippen molar-refractivity contribution in [3.8, 4) is 23.3 Å². The SMILES string of the molecule is CC#Cc1ccc2nc3n(c2c1F)-c1c(OC(F)F)cccc1C(=O)N(C)C3CC. The molecule has 2 heterocycles. The zero-order valence-electron chi connectivity index (χ0n) is 16.5. The summed E-state index contributed by atoms with van der Waals surface area (Å²) in [6.07, 6.45) is 0.494. The van der Waals surface area contributed by atoms with E-state index in [9.17, 15) is 13.6 Å². The van der Waals surface area contributed by atoms with Gasteiger partial charge < -0.3 is 9.64 Å². The Morgan fingerprint density at radius 3 is 2.70 bits per heavy atom. The summed E-state index contributed by atoms with van der Waals surface area (Å²) >= 11 is 0. The molecule has 30 heavy (non-hydrogen) atoms. The van der Waals surface area contributed by atoms with Gasteiger partial charge in [-0.15, -0.1) is 5.92 Å². The quantitative estimate of drug-likeness (QED) is 0.586. The van der Waals surface area contributed by atoms with Crippen LogP contribution in [-0.2, 0) is 0 Å². The number of amides is 1. The maximum atomic E-state index is 15.5. The van der Waals surface area contributed by atoms with E-state index in [0.717, 1.165) is 0 Å². The van der Waals surface area contributed by atoms with Crippen molar-refractivity contribution in [1.29, 1.82) is 0 Å². The van der Waals surface area contributed by atoms with Gasteiger partial charge in [0.05, 0.1) is 22.7 Å². The predicted octanol–water partition coefficient (Wildman–Crippen LogP) is 4.67. The molecule has 0 aliphatic carbocycles. The molecule has 1 aromatic heterocycles. The molecule has 0 N–H and O–H groups in total. The zero-order chi connectivity index (χ0) is 21.6. The van der Waals surface area contributed by atoms with E-state index in [4.69, 9.17) is 4.74 Å². The van der Waals surface area contributed by atoms with Gasteiger partial charge in [0.25, 0.3) is 5.91 Å². The number of carbonyl (C=O) groups excluding carboxylic acids is 1. The fraction of sp³-hybridized carbons (Fsp3) is 0.273. The third kappa shape index (κ3) is 2.89. The summed E-state index contributed by atoms with van der Waals surface area (Å²) in [6, 6.07) is 6.96. The summed E-state index contributed by atoms with van der Waals surface area (Å²) in [5.41, 5.74) is 0.724. The second-order valence-corrected chi connectivity index (χ2v) is 6.85. The highest BCUT2D eigenvalue weighted by atomic mass is 19.3. The molecule has 8 heteroatoms. The molecule has 0 fully saturated rings. The van der Waals surface area contributed by atoms with E-state index < -0.39 is 18.5 Å². The van der Waals surface area contributed by atoms with Crippen LogP contribution in [0.5, 0.6) is 5.75 Å². The molecule has 3 aromatic rings. The van der Waals surface area contributed by atoms with Gasteiger partial charge in [-0.1, -0.05) is 18.9 Å². The number of alkyl halides is 2. The summed E-state index contributed by atoms with van der Waals surface area (Å²) < 4.78 is 47.9. The van der Waals surface area contributed by atoms with Crippen molar-refractivity contribution in [2.75, 3.05) is 7.05 Å². The van der Waals surface area contributed by atoms with E-state index in [1.165, 1.54) is 33.7 Å². The molecule has 0 saturated heterocycles. The Balaban J connectivity index is 2.19. The van der Waals surface area contributed by atoms with Gasteiger partial charge in [-0.25, -0.2) is 9.37 Å². The largest absolute Gasteiger partial charge is 0.433 e. The molecule has 0 spiro atoms. The second kappa shape index (κ2) is 7.41. The number of para-hydroxylation sites is 1. The van der Waals surface area contributed by atoms with Crippen LogP contribution in [0.3, 0.4) is 0 Å². The summed E-state index contributed by atoms with van der Waals surface area (Å²) in [7, 11) is 1.61. The van der Waals surface area contributed by atoms with Gasteiger partial charge in [0, 0.05) is 7.05 Å². The van der Waals surface area contributed by atoms with Crippen LogP contribution in [0, 0.1) is 17.7 Å². The maximum Gasteiger partial charge on any atom is 0.387 e. The Labute approximate surface area is 171 Å². The molecule has 4 rings (SSSR count). The third-order valence-electron chi connectivity index (χ3n) is 5.18. The van der Waals surface area contributed by atoms with E-state index in [1.807, 2.05) is 6.92 Å². The lowest BCUT2D eigenvalue weighted by Gasteiger charge is -2.24. The first kappa shape index (κ1) is 19.8. The van der Waals surface area contributed by atoms with E-state index in [1.54, 1.807) is 20.0 Å². The molecule has 1 aliphatic heterocycles. The zero-order valence-corrected chi connectivity index (χ0v) is 16.5. The van der Waals surface area contributed by atoms with Crippen LogP contribution in [0.25, 0.3) is 16.7 Å². The van der Waals surface area contributed by atoms with Gasteiger partial charge in [0.1, 0.15) is 17.0 Å². The second-order valence-electron chi connectivity index (χ2n) is 6.85. The van der Waals surface area contributed by atoms with Gasteiger partial charge in [-0.2, -0.15) is 8.78 Å². The van der Waals surface area contributed by atoms with Crippen LogP contribution < -0.4 is 4.74 Å². The van der Waals surface area contributed by atoms with Gasteiger partial charge in [-0.05, 0) is 37.6 Å². The Kier molecular flexibility index (Phi) is 4.90. The van der Waals surface area contributed by atoms with Gasteiger partial charge in [-0.3, -0.25) is 9.36 Å². The minimum Gasteiger partial charge on any atom is -0.433 e. The molecular formula is C22H18F3N3O2. The molecule has 1 atom stereocenters. The number of benzene rings is 2. The van der Waals surface area contributed by atoms with Gasteiger partial charge in [0.15, 0.2) is 11.6 Å². The molecular weight excluding hydrogens is 395 g/mol. The molecule has 0 saturated carbocycles. The van der Waals surface area contributed by atoms with Crippen molar-refractivity contribution in [2.24, 2.45) is 0 Å². The molecule has 0 radical (unpaired) electrons. The topological polar surface area (TPSA) is 47.4 Å². The third-order valence-corrected chi connectivity index (χ3v) is 5.18. The van der Waals surface area contributed by atoms with Gasteiger partial charge >= 0.3 is 6.61 Å². The lowest BCUT2D eigenvalue weighted by Crippen LogP contribution is -2.30. The van der Waals surface area contributed by atoms with Crippen LogP contribution in [0.1, 0.15) is 48.1 Å².